The van der Waals surface area contributed by atoms with Crippen LogP contribution in [0.3, 0.4) is 0 Å². The Morgan fingerprint density at radius 3 is 1.25 bits per heavy atom. The van der Waals surface area contributed by atoms with E-state index in [1.165, 1.54) is 33.4 Å². The Morgan fingerprint density at radius 2 is 0.841 bits per heavy atom. The first-order chi connectivity index (χ1) is 29.9. The van der Waals surface area contributed by atoms with Crippen molar-refractivity contribution < 1.29 is 51.0 Å². The fraction of sp³-hybridized carbons (Fsp3) is 0.0741. The van der Waals surface area contributed by atoms with E-state index < -0.39 is 0 Å². The summed E-state index contributed by atoms with van der Waals surface area (Å²) in [6.45, 7) is 8.51. The summed E-state index contributed by atoms with van der Waals surface area (Å²) in [6, 6.07) is 56.0. The van der Waals surface area contributed by atoms with Crippen LogP contribution in [0.1, 0.15) is 22.3 Å². The summed E-state index contributed by atoms with van der Waals surface area (Å²) < 4.78 is 14.7. The zero-order chi connectivity index (χ0) is 41.5. The average Bonchev–Trinajstić information content (AvgIpc) is 3.60. The zero-order valence-corrected chi connectivity index (χ0v) is 38.4. The van der Waals surface area contributed by atoms with E-state index in [0.717, 1.165) is 55.4 Å². The molecular formula is C54H37N5O2PdPt. The maximum atomic E-state index is 6.41. The fourth-order valence-corrected chi connectivity index (χ4v) is 8.04. The SMILES string of the molecule is Cc1cccc(C)c1-c1ccc(-c2[c-]c(Oc3[c-]c4c(cc3)c3ccc(Oc5[c-]c(-c6ccc(-c7c(C)cccc7C)cn6)ccc5)[c-]c3n4-c3ncccn3)ccc2)nc1.[Pd+2].[Pt+2]. The van der Waals surface area contributed by atoms with Gasteiger partial charge in [0.25, 0.3) is 0 Å². The van der Waals surface area contributed by atoms with Gasteiger partial charge in [0.15, 0.2) is 0 Å². The molecule has 6 aromatic carbocycles. The molecule has 7 nitrogen and oxygen atoms in total. The third-order valence-electron chi connectivity index (χ3n) is 10.9. The molecular weight excluding hydrogens is 1050 g/mol. The number of nitrogens with zero attached hydrogens (tertiary/aromatic N) is 5. The van der Waals surface area contributed by atoms with Gasteiger partial charge in [-0.05, 0) is 89.7 Å². The number of aryl methyl sites for hydroxylation is 4. The molecule has 0 fully saturated rings. The number of rotatable bonds is 9. The summed E-state index contributed by atoms with van der Waals surface area (Å²) in [7, 11) is 0. The second-order valence-corrected chi connectivity index (χ2v) is 15.0. The fourth-order valence-electron chi connectivity index (χ4n) is 8.04. The predicted molar refractivity (Wildman–Crippen MR) is 241 cm³/mol. The van der Waals surface area contributed by atoms with Crippen molar-refractivity contribution in [2.75, 3.05) is 0 Å². The molecule has 10 aromatic rings. The van der Waals surface area contributed by atoms with Crippen LogP contribution in [0.25, 0.3) is 72.5 Å². The van der Waals surface area contributed by atoms with E-state index in [2.05, 4.69) is 110 Å². The van der Waals surface area contributed by atoms with E-state index >= 15 is 0 Å². The van der Waals surface area contributed by atoms with Gasteiger partial charge in [0.1, 0.15) is 0 Å². The van der Waals surface area contributed by atoms with Crippen molar-refractivity contribution in [2.45, 2.75) is 27.7 Å². The topological polar surface area (TPSA) is 75.0 Å². The molecule has 310 valence electrons. The van der Waals surface area contributed by atoms with Crippen molar-refractivity contribution in [1.29, 1.82) is 0 Å². The number of benzene rings is 6. The van der Waals surface area contributed by atoms with Gasteiger partial charge in [-0.1, -0.05) is 83.8 Å². The number of ether oxygens (including phenoxy) is 2. The van der Waals surface area contributed by atoms with Gasteiger partial charge >= 0.3 is 41.5 Å². The first kappa shape index (κ1) is 43.1. The van der Waals surface area contributed by atoms with Gasteiger partial charge in [-0.3, -0.25) is 0 Å². The molecule has 0 bridgehead atoms. The van der Waals surface area contributed by atoms with E-state index in [0.29, 0.717) is 28.9 Å². The molecule has 0 N–H and O–H groups in total. The molecule has 0 saturated carbocycles. The van der Waals surface area contributed by atoms with Crippen LogP contribution in [-0.4, -0.2) is 24.5 Å². The van der Waals surface area contributed by atoms with Gasteiger partial charge < -0.3 is 24.0 Å². The van der Waals surface area contributed by atoms with Crippen molar-refractivity contribution in [1.82, 2.24) is 24.5 Å². The number of fused-ring (bicyclic) bond motifs is 3. The molecule has 10 rings (SSSR count). The summed E-state index contributed by atoms with van der Waals surface area (Å²) in [4.78, 5) is 18.8. The third kappa shape index (κ3) is 8.63. The molecule has 0 aliphatic carbocycles. The van der Waals surface area contributed by atoms with E-state index in [-0.39, 0.29) is 41.5 Å². The Labute approximate surface area is 394 Å². The molecule has 0 radical (unpaired) electrons. The van der Waals surface area contributed by atoms with E-state index in [9.17, 15) is 0 Å². The Kier molecular flexibility index (Phi) is 12.6. The maximum absolute atomic E-state index is 6.41. The monoisotopic (exact) mass is 1090 g/mol. The predicted octanol–water partition coefficient (Wildman–Crippen LogP) is 13.0. The number of aromatic nitrogens is 5. The van der Waals surface area contributed by atoms with Crippen molar-refractivity contribution in [3.8, 4) is 73.7 Å². The molecule has 0 atom stereocenters. The van der Waals surface area contributed by atoms with Crippen LogP contribution in [0.4, 0.5) is 0 Å². The molecule has 0 unspecified atom stereocenters. The van der Waals surface area contributed by atoms with Crippen LogP contribution < -0.4 is 9.47 Å². The van der Waals surface area contributed by atoms with E-state index in [1.807, 2.05) is 89.8 Å². The van der Waals surface area contributed by atoms with Crippen molar-refractivity contribution in [3.63, 3.8) is 0 Å². The smallest absolute Gasteiger partial charge is 0.503 e. The maximum Gasteiger partial charge on any atom is 2.00 e. The molecule has 0 saturated heterocycles. The summed E-state index contributed by atoms with van der Waals surface area (Å²) in [5, 5.41) is 1.87. The first-order valence-electron chi connectivity index (χ1n) is 20.0. The van der Waals surface area contributed by atoms with Gasteiger partial charge in [-0.15, -0.1) is 71.8 Å². The average molecular weight is 1090 g/mol. The number of hydrogen-bond acceptors (Lipinski definition) is 6. The van der Waals surface area contributed by atoms with Gasteiger partial charge in [0, 0.05) is 47.8 Å². The minimum absolute atomic E-state index is 0. The second-order valence-electron chi connectivity index (χ2n) is 15.0. The largest absolute Gasteiger partial charge is 2.00 e. The molecule has 0 aliphatic heterocycles. The van der Waals surface area contributed by atoms with Crippen LogP contribution in [0.2, 0.25) is 0 Å². The van der Waals surface area contributed by atoms with Crippen LogP contribution >= 0.6 is 0 Å². The van der Waals surface area contributed by atoms with Crippen molar-refractivity contribution >= 4 is 21.8 Å². The number of pyridine rings is 2. The molecule has 9 heteroatoms. The molecule has 4 aromatic heterocycles. The minimum Gasteiger partial charge on any atom is -0.503 e. The Bertz CT molecular complexity index is 3010. The van der Waals surface area contributed by atoms with Gasteiger partial charge in [-0.25, -0.2) is 9.97 Å². The summed E-state index contributed by atoms with van der Waals surface area (Å²) in [6.07, 6.45) is 7.28. The molecule has 63 heavy (non-hydrogen) atoms. The zero-order valence-electron chi connectivity index (χ0n) is 34.6. The quantitative estimate of drug-likeness (QED) is 0.106. The Morgan fingerprint density at radius 1 is 0.429 bits per heavy atom. The molecule has 0 amide bonds. The van der Waals surface area contributed by atoms with E-state index in [1.54, 1.807) is 18.5 Å². The summed E-state index contributed by atoms with van der Waals surface area (Å²) >= 11 is 0. The Hall–Kier alpha value is -6.55. The van der Waals surface area contributed by atoms with Crippen LogP contribution in [0.15, 0.2) is 152 Å². The van der Waals surface area contributed by atoms with Gasteiger partial charge in [0.2, 0.25) is 5.95 Å². The van der Waals surface area contributed by atoms with Crippen LogP contribution in [0, 0.1) is 52.0 Å². The van der Waals surface area contributed by atoms with Gasteiger partial charge in [0.05, 0.1) is 0 Å². The summed E-state index contributed by atoms with van der Waals surface area (Å²) in [5.41, 5.74) is 14.2. The molecule has 4 heterocycles. The molecule has 0 spiro atoms. The summed E-state index contributed by atoms with van der Waals surface area (Å²) in [5.74, 6) is 2.58. The molecule has 0 aliphatic rings. The van der Waals surface area contributed by atoms with Crippen LogP contribution in [0.5, 0.6) is 23.0 Å². The number of hydrogen-bond donors (Lipinski definition) is 0. The Balaban J connectivity index is 0.00000272. The first-order valence-corrected chi connectivity index (χ1v) is 20.0. The second kappa shape index (κ2) is 18.4. The normalized spacial score (nSPS) is 10.9. The van der Waals surface area contributed by atoms with Crippen LogP contribution in [-0.2, 0) is 41.5 Å². The van der Waals surface area contributed by atoms with Crippen molar-refractivity contribution in [3.05, 3.63) is 199 Å². The van der Waals surface area contributed by atoms with Crippen molar-refractivity contribution in [2.24, 2.45) is 0 Å². The minimum atomic E-state index is 0. The van der Waals surface area contributed by atoms with Gasteiger partial charge in [-0.2, -0.15) is 22.9 Å². The third-order valence-corrected chi connectivity index (χ3v) is 10.9. The standard InChI is InChI=1S/C54H37N5O2.Pd.Pt/c1-34-10-5-11-35(2)52(34)40-18-24-48(57-32-40)38-14-7-16-42(28-38)60-44-20-22-46-47-23-21-45(31-51(47)59(50(46)30-44)54-55-26-9-27-56-54)61-43-17-8-15-39(29-43)49-25-19-41(33-58-49)53-36(3)12-6-13-37(53)4;;/h5-27,32-33H,1-4H3;;/q-4;2*+2. The van der Waals surface area contributed by atoms with E-state index in [4.69, 9.17) is 19.4 Å².